The monoisotopic (exact) mass is 458 g/mol. The summed E-state index contributed by atoms with van der Waals surface area (Å²) < 4.78 is 13.0. The lowest BCUT2D eigenvalue weighted by Gasteiger charge is -2.17. The van der Waals surface area contributed by atoms with Crippen molar-refractivity contribution in [1.29, 1.82) is 0 Å². The summed E-state index contributed by atoms with van der Waals surface area (Å²) in [5.41, 5.74) is 0. The van der Waals surface area contributed by atoms with Gasteiger partial charge in [0.1, 0.15) is 6.33 Å². The number of hydrogen-bond acceptors (Lipinski definition) is 9. The standard InChI is InChI=1S/C23H38N8O2/c1-5-30(23-26-22(18(2)3)27-33-23)13-8-6-10-19-16-20(19)12-15-32-21(24-4)11-7-9-14-31-17-25-28-29-31/h7,11,17-20H,5-6,8-10,12-16H2,1-4H3/b11-7-,24-21+/t19-,20+/m0/s1. The molecule has 0 radical (unpaired) electrons. The van der Waals surface area contributed by atoms with E-state index in [1.54, 1.807) is 18.1 Å². The van der Waals surface area contributed by atoms with Crippen molar-refractivity contribution < 1.29 is 9.26 Å². The fourth-order valence-electron chi connectivity index (χ4n) is 3.88. The van der Waals surface area contributed by atoms with E-state index in [0.29, 0.717) is 11.9 Å². The van der Waals surface area contributed by atoms with Crippen molar-refractivity contribution >= 4 is 11.9 Å². The Morgan fingerprint density at radius 2 is 2.18 bits per heavy atom. The molecule has 0 N–H and O–H groups in total. The predicted octanol–water partition coefficient (Wildman–Crippen LogP) is 3.89. The molecule has 1 aliphatic carbocycles. The maximum Gasteiger partial charge on any atom is 0.324 e. The van der Waals surface area contributed by atoms with Gasteiger partial charge in [-0.15, -0.1) is 5.10 Å². The third kappa shape index (κ3) is 8.25. The summed E-state index contributed by atoms with van der Waals surface area (Å²) in [7, 11) is 1.76. The summed E-state index contributed by atoms with van der Waals surface area (Å²) in [6.07, 6.45) is 12.5. The van der Waals surface area contributed by atoms with Crippen LogP contribution in [0.4, 0.5) is 6.01 Å². The van der Waals surface area contributed by atoms with Crippen LogP contribution in [0.5, 0.6) is 0 Å². The average Bonchev–Trinajstić information content (AvgIpc) is 3.19. The molecule has 182 valence electrons. The second kappa shape index (κ2) is 13.1. The Hall–Kier alpha value is -2.78. The molecule has 33 heavy (non-hydrogen) atoms. The van der Waals surface area contributed by atoms with Crippen molar-refractivity contribution in [2.24, 2.45) is 16.8 Å². The first-order valence-corrected chi connectivity index (χ1v) is 12.2. The van der Waals surface area contributed by atoms with Gasteiger partial charge in [0.25, 0.3) is 0 Å². The Bertz CT molecular complexity index is 862. The largest absolute Gasteiger partial charge is 0.478 e. The van der Waals surface area contributed by atoms with Crippen LogP contribution in [0.2, 0.25) is 0 Å². The lowest BCUT2D eigenvalue weighted by atomic mass is 10.1. The maximum absolute atomic E-state index is 5.85. The first kappa shape index (κ1) is 24.9. The molecule has 0 amide bonds. The number of allylic oxidation sites excluding steroid dienone is 1. The van der Waals surface area contributed by atoms with Crippen molar-refractivity contribution in [3.05, 3.63) is 24.3 Å². The predicted molar refractivity (Wildman–Crippen MR) is 127 cm³/mol. The van der Waals surface area contributed by atoms with Crippen molar-refractivity contribution in [2.45, 2.75) is 71.8 Å². The summed E-state index contributed by atoms with van der Waals surface area (Å²) in [4.78, 5) is 10.9. The SMILES string of the molecule is CCN(CCCC[C@H]1C[C@H]1CCOC(/C=C\CCn1cnnn1)=N/C)c1nc(C(C)C)no1. The molecular formula is C23H38N8O2. The second-order valence-corrected chi connectivity index (χ2v) is 8.88. The molecule has 2 aromatic heterocycles. The van der Waals surface area contributed by atoms with Crippen molar-refractivity contribution in [2.75, 3.05) is 31.6 Å². The molecule has 10 heteroatoms. The molecule has 0 spiro atoms. The number of ether oxygens (including phenoxy) is 1. The molecule has 3 rings (SSSR count). The molecule has 2 heterocycles. The summed E-state index contributed by atoms with van der Waals surface area (Å²) in [5, 5.41) is 15.2. The molecule has 1 fully saturated rings. The minimum atomic E-state index is 0.288. The van der Waals surface area contributed by atoms with Gasteiger partial charge in [-0.25, -0.2) is 4.68 Å². The Kier molecular flexibility index (Phi) is 9.83. The van der Waals surface area contributed by atoms with Crippen LogP contribution in [0, 0.1) is 11.8 Å². The number of aromatic nitrogens is 6. The van der Waals surface area contributed by atoms with E-state index >= 15 is 0 Å². The first-order valence-electron chi connectivity index (χ1n) is 12.2. The molecule has 10 nitrogen and oxygen atoms in total. The fraction of sp³-hybridized carbons (Fsp3) is 0.739. The molecular weight excluding hydrogens is 420 g/mol. The molecule has 0 aromatic carbocycles. The van der Waals surface area contributed by atoms with Crippen molar-refractivity contribution in [3.63, 3.8) is 0 Å². The highest BCUT2D eigenvalue weighted by Gasteiger charge is 2.35. The van der Waals surface area contributed by atoms with Gasteiger partial charge in [-0.05, 0) is 60.9 Å². The molecule has 0 unspecified atom stereocenters. The quantitative estimate of drug-likeness (QED) is 0.225. The Morgan fingerprint density at radius 1 is 1.33 bits per heavy atom. The van der Waals surface area contributed by atoms with E-state index < -0.39 is 0 Å². The van der Waals surface area contributed by atoms with Crippen LogP contribution in [0.15, 0.2) is 28.0 Å². The number of aryl methyl sites for hydroxylation is 1. The van der Waals surface area contributed by atoms with Crippen molar-refractivity contribution in [1.82, 2.24) is 30.3 Å². The summed E-state index contributed by atoms with van der Waals surface area (Å²) in [6.45, 7) is 9.61. The van der Waals surface area contributed by atoms with Crippen LogP contribution in [0.25, 0.3) is 0 Å². The minimum Gasteiger partial charge on any atom is -0.478 e. The summed E-state index contributed by atoms with van der Waals surface area (Å²) in [6, 6.07) is 0.653. The third-order valence-electron chi connectivity index (χ3n) is 6.06. The third-order valence-corrected chi connectivity index (χ3v) is 6.06. The van der Waals surface area contributed by atoms with Gasteiger partial charge in [-0.1, -0.05) is 37.9 Å². The molecule has 0 aliphatic heterocycles. The number of aliphatic imine (C=N–C) groups is 1. The highest BCUT2D eigenvalue weighted by atomic mass is 16.5. The zero-order valence-corrected chi connectivity index (χ0v) is 20.4. The van der Waals surface area contributed by atoms with E-state index in [2.05, 4.69) is 56.3 Å². The fourth-order valence-corrected chi connectivity index (χ4v) is 3.88. The number of anilines is 1. The minimum absolute atomic E-state index is 0.288. The van der Waals surface area contributed by atoms with Crippen LogP contribution >= 0.6 is 0 Å². The molecule has 0 saturated heterocycles. The normalized spacial score (nSPS) is 18.4. The van der Waals surface area contributed by atoms with Crippen LogP contribution in [-0.2, 0) is 11.3 Å². The smallest absolute Gasteiger partial charge is 0.324 e. The van der Waals surface area contributed by atoms with E-state index in [4.69, 9.17) is 9.26 Å². The van der Waals surface area contributed by atoms with E-state index in [1.807, 2.05) is 12.2 Å². The van der Waals surface area contributed by atoms with Crippen LogP contribution in [-0.4, -0.2) is 63.0 Å². The van der Waals surface area contributed by atoms with Gasteiger partial charge in [-0.2, -0.15) is 4.98 Å². The molecule has 0 bridgehead atoms. The van der Waals surface area contributed by atoms with Gasteiger partial charge >= 0.3 is 6.01 Å². The Morgan fingerprint density at radius 3 is 2.88 bits per heavy atom. The number of unbranched alkanes of at least 4 members (excludes halogenated alkanes) is 1. The van der Waals surface area contributed by atoms with E-state index in [-0.39, 0.29) is 5.92 Å². The average molecular weight is 459 g/mol. The first-order chi connectivity index (χ1) is 16.1. The Balaban J connectivity index is 1.24. The summed E-state index contributed by atoms with van der Waals surface area (Å²) >= 11 is 0. The number of tetrazole rings is 1. The van der Waals surface area contributed by atoms with Crippen LogP contribution < -0.4 is 4.90 Å². The molecule has 2 aromatic rings. The number of rotatable bonds is 15. The molecule has 1 saturated carbocycles. The van der Waals surface area contributed by atoms with Gasteiger partial charge in [0, 0.05) is 32.6 Å². The zero-order chi connectivity index (χ0) is 23.5. The zero-order valence-electron chi connectivity index (χ0n) is 20.4. The number of hydrogen-bond donors (Lipinski definition) is 0. The maximum atomic E-state index is 5.85. The van der Waals surface area contributed by atoms with Crippen LogP contribution in [0.3, 0.4) is 0 Å². The topological polar surface area (TPSA) is 107 Å². The van der Waals surface area contributed by atoms with E-state index in [0.717, 1.165) is 63.2 Å². The van der Waals surface area contributed by atoms with Gasteiger partial charge in [0.05, 0.1) is 6.61 Å². The van der Waals surface area contributed by atoms with Gasteiger partial charge in [0.15, 0.2) is 5.82 Å². The second-order valence-electron chi connectivity index (χ2n) is 8.88. The Labute approximate surface area is 196 Å². The van der Waals surface area contributed by atoms with Crippen molar-refractivity contribution in [3.8, 4) is 0 Å². The molecule has 2 atom stereocenters. The van der Waals surface area contributed by atoms with Crippen LogP contribution in [0.1, 0.15) is 71.0 Å². The lowest BCUT2D eigenvalue weighted by molar-refractivity contribution is 0.287. The van der Waals surface area contributed by atoms with E-state index in [1.165, 1.54) is 19.3 Å². The molecule has 1 aliphatic rings. The number of nitrogens with zero attached hydrogens (tertiary/aromatic N) is 8. The van der Waals surface area contributed by atoms with Gasteiger partial charge in [-0.3, -0.25) is 4.99 Å². The summed E-state index contributed by atoms with van der Waals surface area (Å²) in [5.74, 6) is 3.39. The van der Waals surface area contributed by atoms with E-state index in [9.17, 15) is 0 Å². The van der Waals surface area contributed by atoms with Gasteiger partial charge in [0.2, 0.25) is 5.90 Å². The van der Waals surface area contributed by atoms with Gasteiger partial charge < -0.3 is 14.2 Å². The highest BCUT2D eigenvalue weighted by molar-refractivity contribution is 5.87. The lowest BCUT2D eigenvalue weighted by Crippen LogP contribution is -2.24. The highest BCUT2D eigenvalue weighted by Crippen LogP contribution is 2.44.